The maximum absolute atomic E-state index is 12.5. The maximum atomic E-state index is 12.5. The molecule has 0 aromatic carbocycles. The summed E-state index contributed by atoms with van der Waals surface area (Å²) in [6.45, 7) is 1.19. The lowest BCUT2D eigenvalue weighted by Gasteiger charge is -2.27. The quantitative estimate of drug-likeness (QED) is 0.0358. The Labute approximate surface area is 455 Å². The van der Waals surface area contributed by atoms with Crippen LogP contribution in [0.2, 0.25) is 0 Å². The number of cyclic esters (lactones) is 2. The Hall–Kier alpha value is -1.40. The van der Waals surface area contributed by atoms with Crippen molar-refractivity contribution in [3.05, 3.63) is 12.2 Å². The van der Waals surface area contributed by atoms with Crippen LogP contribution in [-0.2, 0) is 19.1 Å². The van der Waals surface area contributed by atoms with Crippen LogP contribution in [0.5, 0.6) is 0 Å². The highest BCUT2D eigenvalue weighted by Crippen LogP contribution is 2.25. The normalized spacial score (nSPS) is 15.2. The van der Waals surface area contributed by atoms with E-state index in [9.17, 15) is 19.8 Å². The van der Waals surface area contributed by atoms with Crippen LogP contribution in [0.15, 0.2) is 12.2 Å². The van der Waals surface area contributed by atoms with E-state index in [0.29, 0.717) is 6.42 Å². The minimum atomic E-state index is -1.13. The minimum absolute atomic E-state index is 0.00559. The topological polar surface area (TPSA) is 93.1 Å². The summed E-state index contributed by atoms with van der Waals surface area (Å²) >= 11 is 0. The lowest BCUT2D eigenvalue weighted by Crippen LogP contribution is -2.40. The molecule has 0 saturated carbocycles. The van der Waals surface area contributed by atoms with Crippen molar-refractivity contribution in [2.24, 2.45) is 11.3 Å². The van der Waals surface area contributed by atoms with Gasteiger partial charge in [-0.05, 0) is 32.1 Å². The molecule has 0 spiro atoms. The zero-order chi connectivity index (χ0) is 52.5. The predicted octanol–water partition coefficient (Wildman–Crippen LogP) is 21.1. The van der Waals surface area contributed by atoms with Crippen LogP contribution in [-0.4, -0.2) is 48.6 Å². The van der Waals surface area contributed by atoms with Crippen molar-refractivity contribution >= 4 is 11.9 Å². The summed E-state index contributed by atoms with van der Waals surface area (Å²) in [6, 6.07) is 0. The van der Waals surface area contributed by atoms with E-state index in [2.05, 4.69) is 19.1 Å². The molecule has 1 aliphatic heterocycles. The number of carbonyl (C=O) groups excluding carboxylic acids is 2. The number of unbranched alkanes of at least 4 members (excludes halogenated alkanes) is 52. The summed E-state index contributed by atoms with van der Waals surface area (Å²) < 4.78 is 10.6. The molecular formula is C67H128O6. The van der Waals surface area contributed by atoms with Gasteiger partial charge in [0.1, 0.15) is 13.2 Å². The zero-order valence-corrected chi connectivity index (χ0v) is 49.2. The van der Waals surface area contributed by atoms with Crippen LogP contribution in [0.25, 0.3) is 0 Å². The van der Waals surface area contributed by atoms with E-state index in [1.54, 1.807) is 0 Å². The zero-order valence-electron chi connectivity index (χ0n) is 49.2. The first-order valence-electron chi connectivity index (χ1n) is 33.3. The monoisotopic (exact) mass is 1030 g/mol. The van der Waals surface area contributed by atoms with E-state index < -0.39 is 36.5 Å². The summed E-state index contributed by atoms with van der Waals surface area (Å²) in [5.41, 5.74) is -1.13. The number of aliphatic hydroxyl groups is 2. The Morgan fingerprint density at radius 2 is 0.589 bits per heavy atom. The van der Waals surface area contributed by atoms with Gasteiger partial charge in [-0.2, -0.15) is 0 Å². The van der Waals surface area contributed by atoms with Crippen LogP contribution in [0, 0.1) is 11.3 Å². The molecule has 0 radical (unpaired) electrons. The van der Waals surface area contributed by atoms with E-state index in [1.807, 2.05) is 0 Å². The molecule has 1 aliphatic rings. The first-order valence-corrected chi connectivity index (χ1v) is 33.3. The second kappa shape index (κ2) is 56.8. The third-order valence-corrected chi connectivity index (χ3v) is 16.5. The molecule has 1 atom stereocenters. The molecule has 0 aromatic heterocycles. The number of esters is 2. The highest BCUT2D eigenvalue weighted by molar-refractivity contribution is 5.80. The minimum Gasteiger partial charge on any atom is -0.465 e. The lowest BCUT2D eigenvalue weighted by atomic mass is 9.92. The predicted molar refractivity (Wildman–Crippen MR) is 315 cm³/mol. The molecule has 1 unspecified atom stereocenters. The first kappa shape index (κ1) is 69.6. The largest absolute Gasteiger partial charge is 0.465 e. The van der Waals surface area contributed by atoms with Crippen LogP contribution in [0.1, 0.15) is 366 Å². The molecule has 0 aromatic rings. The van der Waals surface area contributed by atoms with Crippen molar-refractivity contribution in [2.75, 3.05) is 26.4 Å². The number of hydrogen-bond acceptors (Lipinski definition) is 6. The molecule has 432 valence electrons. The van der Waals surface area contributed by atoms with Crippen LogP contribution < -0.4 is 0 Å². The second-order valence-corrected chi connectivity index (χ2v) is 23.9. The molecule has 6 nitrogen and oxygen atoms in total. The Balaban J connectivity index is 1.67. The van der Waals surface area contributed by atoms with E-state index in [0.717, 1.165) is 32.1 Å². The second-order valence-electron chi connectivity index (χ2n) is 23.9. The molecule has 1 fully saturated rings. The molecule has 1 rings (SSSR count). The standard InChI is InChI=1S/C67H128O6/c1-2-3-4-5-6-7-8-9-10-11-12-13-14-15-16-17-18-19-20-21-22-23-24-25-26-27-28-29-30-31-32-33-34-35-36-37-38-39-40-41-42-43-44-45-46-47-48-49-50-51-52-53-54-55-56-57-58-64-59-65(70)72-62-67(60-68,61-69)63-73-66(64)71/h51-52,64,68-69H,2-50,53-63H2,1H3/b52-51+. The Kier molecular flexibility index (Phi) is 54.2. The molecule has 0 aliphatic carbocycles. The third-order valence-electron chi connectivity index (χ3n) is 16.5. The van der Waals surface area contributed by atoms with E-state index in [1.165, 1.54) is 315 Å². The van der Waals surface area contributed by atoms with Gasteiger partial charge in [-0.1, -0.05) is 340 Å². The molecule has 2 N–H and O–H groups in total. The van der Waals surface area contributed by atoms with Crippen molar-refractivity contribution in [3.8, 4) is 0 Å². The van der Waals surface area contributed by atoms with E-state index in [-0.39, 0.29) is 19.6 Å². The molecule has 6 heteroatoms. The van der Waals surface area contributed by atoms with Gasteiger partial charge in [-0.15, -0.1) is 0 Å². The Morgan fingerprint density at radius 3 is 0.849 bits per heavy atom. The van der Waals surface area contributed by atoms with Gasteiger partial charge in [0.05, 0.1) is 31.0 Å². The number of aliphatic hydroxyl groups excluding tert-OH is 2. The molecule has 1 heterocycles. The Bertz CT molecular complexity index is 1150. The van der Waals surface area contributed by atoms with Crippen LogP contribution in [0.4, 0.5) is 0 Å². The number of ether oxygens (including phenoxy) is 2. The lowest BCUT2D eigenvalue weighted by molar-refractivity contribution is -0.155. The fourth-order valence-electron chi connectivity index (χ4n) is 11.1. The number of rotatable bonds is 58. The van der Waals surface area contributed by atoms with Crippen molar-refractivity contribution in [1.29, 1.82) is 0 Å². The van der Waals surface area contributed by atoms with Gasteiger partial charge in [0.25, 0.3) is 0 Å². The van der Waals surface area contributed by atoms with Gasteiger partial charge < -0.3 is 19.7 Å². The summed E-state index contributed by atoms with van der Waals surface area (Å²) in [7, 11) is 0. The Morgan fingerprint density at radius 1 is 0.356 bits per heavy atom. The van der Waals surface area contributed by atoms with Gasteiger partial charge >= 0.3 is 11.9 Å². The number of hydrogen-bond donors (Lipinski definition) is 2. The number of allylic oxidation sites excluding steroid dienone is 2. The van der Waals surface area contributed by atoms with Gasteiger partial charge in [-0.3, -0.25) is 9.59 Å². The van der Waals surface area contributed by atoms with Gasteiger partial charge in [0.15, 0.2) is 0 Å². The van der Waals surface area contributed by atoms with Crippen molar-refractivity contribution < 1.29 is 29.3 Å². The molecule has 0 bridgehead atoms. The summed E-state index contributed by atoms with van der Waals surface area (Å²) in [5, 5.41) is 19.2. The third kappa shape index (κ3) is 48.7. The SMILES string of the molecule is CCCCCCCCCCCCCCCCCCCCCCCCCCCCCCCCCCCCCCCCCCCCCCCCCC/C=C/CCCCCCC1CC(=O)OCC(CO)(CO)COC1=O. The van der Waals surface area contributed by atoms with Crippen molar-refractivity contribution in [2.45, 2.75) is 366 Å². The smallest absolute Gasteiger partial charge is 0.309 e. The first-order chi connectivity index (χ1) is 36.1. The fraction of sp³-hybridized carbons (Fsp3) is 0.940. The summed E-state index contributed by atoms with van der Waals surface area (Å²) in [5.74, 6) is -1.43. The van der Waals surface area contributed by atoms with Gasteiger partial charge in [0, 0.05) is 0 Å². The highest BCUT2D eigenvalue weighted by Gasteiger charge is 2.36. The number of carbonyl (C=O) groups is 2. The van der Waals surface area contributed by atoms with Crippen LogP contribution >= 0.6 is 0 Å². The van der Waals surface area contributed by atoms with Crippen molar-refractivity contribution in [3.63, 3.8) is 0 Å². The average molecular weight is 1030 g/mol. The van der Waals surface area contributed by atoms with Gasteiger partial charge in [-0.25, -0.2) is 0 Å². The van der Waals surface area contributed by atoms with Crippen molar-refractivity contribution in [1.82, 2.24) is 0 Å². The van der Waals surface area contributed by atoms with Gasteiger partial charge in [0.2, 0.25) is 0 Å². The molecule has 1 saturated heterocycles. The molecule has 73 heavy (non-hydrogen) atoms. The fourth-order valence-corrected chi connectivity index (χ4v) is 11.1. The summed E-state index contributed by atoms with van der Waals surface area (Å²) in [6.07, 6.45) is 81.7. The molecule has 0 amide bonds. The maximum Gasteiger partial charge on any atom is 0.309 e. The highest BCUT2D eigenvalue weighted by atomic mass is 16.6. The van der Waals surface area contributed by atoms with E-state index >= 15 is 0 Å². The average Bonchev–Trinajstić information content (AvgIpc) is 3.46. The van der Waals surface area contributed by atoms with Crippen LogP contribution in [0.3, 0.4) is 0 Å². The van der Waals surface area contributed by atoms with E-state index in [4.69, 9.17) is 9.47 Å². The molecular weight excluding hydrogens is 901 g/mol. The summed E-state index contributed by atoms with van der Waals surface area (Å²) in [4.78, 5) is 24.7.